The quantitative estimate of drug-likeness (QED) is 0.720. The molecule has 0 aliphatic carbocycles. The van der Waals surface area contributed by atoms with Crippen LogP contribution in [0.4, 0.5) is 0 Å². The van der Waals surface area contributed by atoms with E-state index >= 15 is 0 Å². The SMILES string of the molecule is COc1ccc(S(=O)(=O)N2CCC(NC(=O)COc3ccc(C#N)cc3)CC2)cc1. The number of methoxy groups -OCH3 is 1. The van der Waals surface area contributed by atoms with Crippen LogP contribution < -0.4 is 14.8 Å². The molecule has 1 aliphatic heterocycles. The molecular formula is C21H23N3O5S. The van der Waals surface area contributed by atoms with Crippen LogP contribution in [0.2, 0.25) is 0 Å². The Morgan fingerprint density at radius 2 is 1.70 bits per heavy atom. The van der Waals surface area contributed by atoms with Gasteiger partial charge in [0.25, 0.3) is 5.91 Å². The van der Waals surface area contributed by atoms with Crippen molar-refractivity contribution in [1.82, 2.24) is 9.62 Å². The van der Waals surface area contributed by atoms with E-state index in [0.717, 1.165) is 0 Å². The van der Waals surface area contributed by atoms with E-state index in [1.165, 1.54) is 23.5 Å². The van der Waals surface area contributed by atoms with Crippen molar-refractivity contribution in [2.75, 3.05) is 26.8 Å². The molecule has 158 valence electrons. The fourth-order valence-electron chi connectivity index (χ4n) is 3.18. The number of carbonyl (C=O) groups is 1. The van der Waals surface area contributed by atoms with Crippen LogP contribution in [0.15, 0.2) is 53.4 Å². The van der Waals surface area contributed by atoms with Crippen molar-refractivity contribution in [2.24, 2.45) is 0 Å². The number of carbonyl (C=O) groups excluding carboxylic acids is 1. The second-order valence-corrected chi connectivity index (χ2v) is 8.78. The highest BCUT2D eigenvalue weighted by molar-refractivity contribution is 7.89. The summed E-state index contributed by atoms with van der Waals surface area (Å²) >= 11 is 0. The minimum atomic E-state index is -3.57. The summed E-state index contributed by atoms with van der Waals surface area (Å²) in [5.41, 5.74) is 0.517. The molecular weight excluding hydrogens is 406 g/mol. The summed E-state index contributed by atoms with van der Waals surface area (Å²) in [5, 5.41) is 11.7. The van der Waals surface area contributed by atoms with Crippen LogP contribution in [0.25, 0.3) is 0 Å². The Morgan fingerprint density at radius 3 is 2.27 bits per heavy atom. The van der Waals surface area contributed by atoms with Crippen LogP contribution >= 0.6 is 0 Å². The van der Waals surface area contributed by atoms with Crippen molar-refractivity contribution >= 4 is 15.9 Å². The molecule has 0 aromatic heterocycles. The summed E-state index contributed by atoms with van der Waals surface area (Å²) in [5.74, 6) is 0.832. The van der Waals surface area contributed by atoms with Gasteiger partial charge in [-0.05, 0) is 61.4 Å². The lowest BCUT2D eigenvalue weighted by atomic mass is 10.1. The van der Waals surface area contributed by atoms with E-state index in [-0.39, 0.29) is 23.5 Å². The molecule has 8 nitrogen and oxygen atoms in total. The molecule has 2 aromatic rings. The number of rotatable bonds is 7. The third kappa shape index (κ3) is 5.28. The highest BCUT2D eigenvalue weighted by Gasteiger charge is 2.30. The molecule has 1 fully saturated rings. The zero-order chi connectivity index (χ0) is 21.6. The average molecular weight is 429 g/mol. The van der Waals surface area contributed by atoms with Crippen molar-refractivity contribution in [3.63, 3.8) is 0 Å². The van der Waals surface area contributed by atoms with Crippen LogP contribution in [0, 0.1) is 11.3 Å². The zero-order valence-electron chi connectivity index (χ0n) is 16.6. The molecule has 0 bridgehead atoms. The van der Waals surface area contributed by atoms with E-state index in [9.17, 15) is 13.2 Å². The lowest BCUT2D eigenvalue weighted by Gasteiger charge is -2.31. The van der Waals surface area contributed by atoms with Crippen LogP contribution in [0.3, 0.4) is 0 Å². The molecule has 1 aliphatic rings. The number of nitrogens with one attached hydrogen (secondary N) is 1. The summed E-state index contributed by atoms with van der Waals surface area (Å²) in [7, 11) is -2.05. The molecule has 2 aromatic carbocycles. The van der Waals surface area contributed by atoms with Crippen molar-refractivity contribution < 1.29 is 22.7 Å². The Hall–Kier alpha value is -3.09. The van der Waals surface area contributed by atoms with E-state index in [1.807, 2.05) is 6.07 Å². The lowest BCUT2D eigenvalue weighted by molar-refractivity contribution is -0.124. The van der Waals surface area contributed by atoms with Crippen molar-refractivity contribution in [3.05, 3.63) is 54.1 Å². The summed E-state index contributed by atoms with van der Waals surface area (Å²) in [6.45, 7) is 0.516. The maximum Gasteiger partial charge on any atom is 0.258 e. The van der Waals surface area contributed by atoms with Crippen LogP contribution in [-0.2, 0) is 14.8 Å². The number of sulfonamides is 1. The van der Waals surface area contributed by atoms with Gasteiger partial charge in [-0.15, -0.1) is 0 Å². The van der Waals surface area contributed by atoms with Gasteiger partial charge in [0.2, 0.25) is 10.0 Å². The Labute approximate surface area is 176 Å². The Bertz CT molecular complexity index is 1010. The van der Waals surface area contributed by atoms with Crippen molar-refractivity contribution in [2.45, 2.75) is 23.8 Å². The van der Waals surface area contributed by atoms with Gasteiger partial charge in [0.05, 0.1) is 23.6 Å². The molecule has 1 amide bonds. The number of hydrogen-bond donors (Lipinski definition) is 1. The Morgan fingerprint density at radius 1 is 1.10 bits per heavy atom. The van der Waals surface area contributed by atoms with Gasteiger partial charge in [0.1, 0.15) is 11.5 Å². The molecule has 0 atom stereocenters. The normalized spacial score (nSPS) is 15.2. The highest BCUT2D eigenvalue weighted by atomic mass is 32.2. The molecule has 0 saturated carbocycles. The molecule has 1 heterocycles. The van der Waals surface area contributed by atoms with E-state index in [1.54, 1.807) is 36.4 Å². The van der Waals surface area contributed by atoms with Gasteiger partial charge in [-0.25, -0.2) is 8.42 Å². The molecule has 9 heteroatoms. The topological polar surface area (TPSA) is 109 Å². The van der Waals surface area contributed by atoms with Gasteiger partial charge in [-0.1, -0.05) is 0 Å². The molecule has 1 saturated heterocycles. The summed E-state index contributed by atoms with van der Waals surface area (Å²) in [6, 6.07) is 14.7. The standard InChI is InChI=1S/C21H23N3O5S/c1-28-18-6-8-20(9-7-18)30(26,27)24-12-10-17(11-13-24)23-21(25)15-29-19-4-2-16(14-22)3-5-19/h2-9,17H,10-13,15H2,1H3,(H,23,25). The van der Waals surface area contributed by atoms with Crippen LogP contribution in [0.5, 0.6) is 11.5 Å². The average Bonchev–Trinajstić information content (AvgIpc) is 2.78. The molecule has 0 spiro atoms. The largest absolute Gasteiger partial charge is 0.497 e. The number of nitriles is 1. The molecule has 0 radical (unpaired) electrons. The summed E-state index contributed by atoms with van der Waals surface area (Å²) in [6.07, 6.45) is 1.05. The van der Waals surface area contributed by atoms with Crippen LogP contribution in [-0.4, -0.2) is 51.5 Å². The molecule has 1 N–H and O–H groups in total. The van der Waals surface area contributed by atoms with Gasteiger partial charge in [-0.3, -0.25) is 4.79 Å². The zero-order valence-corrected chi connectivity index (χ0v) is 17.4. The third-order valence-corrected chi connectivity index (χ3v) is 6.78. The van der Waals surface area contributed by atoms with Gasteiger partial charge < -0.3 is 14.8 Å². The number of amides is 1. The molecule has 0 unspecified atom stereocenters. The van der Waals surface area contributed by atoms with Gasteiger partial charge in [0.15, 0.2) is 6.61 Å². The van der Waals surface area contributed by atoms with E-state index in [2.05, 4.69) is 5.32 Å². The van der Waals surface area contributed by atoms with Crippen molar-refractivity contribution in [3.8, 4) is 17.6 Å². The van der Waals surface area contributed by atoms with Gasteiger partial charge in [-0.2, -0.15) is 9.57 Å². The number of benzene rings is 2. The smallest absolute Gasteiger partial charge is 0.258 e. The second kappa shape index (κ2) is 9.61. The number of piperidine rings is 1. The van der Waals surface area contributed by atoms with E-state index < -0.39 is 10.0 Å². The minimum Gasteiger partial charge on any atom is -0.497 e. The fourth-order valence-corrected chi connectivity index (χ4v) is 4.65. The maximum atomic E-state index is 12.8. The first-order valence-corrected chi connectivity index (χ1v) is 10.9. The van der Waals surface area contributed by atoms with E-state index in [0.29, 0.717) is 43.0 Å². The fraction of sp³-hybridized carbons (Fsp3) is 0.333. The van der Waals surface area contributed by atoms with Gasteiger partial charge in [0, 0.05) is 19.1 Å². The number of hydrogen-bond acceptors (Lipinski definition) is 6. The Kier molecular flexibility index (Phi) is 6.92. The minimum absolute atomic E-state index is 0.107. The lowest BCUT2D eigenvalue weighted by Crippen LogP contribution is -2.47. The predicted octanol–water partition coefficient (Wildman–Crippen LogP) is 1.92. The van der Waals surface area contributed by atoms with Crippen LogP contribution in [0.1, 0.15) is 18.4 Å². The number of ether oxygens (including phenoxy) is 2. The predicted molar refractivity (Wildman–Crippen MR) is 110 cm³/mol. The van der Waals surface area contributed by atoms with Crippen molar-refractivity contribution in [1.29, 1.82) is 5.26 Å². The highest BCUT2D eigenvalue weighted by Crippen LogP contribution is 2.23. The third-order valence-electron chi connectivity index (χ3n) is 4.87. The first-order valence-electron chi connectivity index (χ1n) is 9.49. The second-order valence-electron chi connectivity index (χ2n) is 6.85. The number of nitrogens with zero attached hydrogens (tertiary/aromatic N) is 2. The Balaban J connectivity index is 1.47. The van der Waals surface area contributed by atoms with E-state index in [4.69, 9.17) is 14.7 Å². The monoisotopic (exact) mass is 429 g/mol. The summed E-state index contributed by atoms with van der Waals surface area (Å²) in [4.78, 5) is 12.4. The first-order chi connectivity index (χ1) is 14.4. The maximum absolute atomic E-state index is 12.8. The van der Waals surface area contributed by atoms with Gasteiger partial charge >= 0.3 is 0 Å². The molecule has 3 rings (SSSR count). The summed E-state index contributed by atoms with van der Waals surface area (Å²) < 4.78 is 37.5. The molecule has 30 heavy (non-hydrogen) atoms. The first kappa shape index (κ1) is 21.6.